The zero-order chi connectivity index (χ0) is 22.6. The third-order valence-electron chi connectivity index (χ3n) is 6.23. The van der Waals surface area contributed by atoms with Crippen LogP contribution < -0.4 is 0 Å². The molecule has 0 spiro atoms. The van der Waals surface area contributed by atoms with Crippen LogP contribution in [0.15, 0.2) is 60.2 Å². The minimum absolute atomic E-state index is 0. The van der Waals surface area contributed by atoms with Gasteiger partial charge in [0.2, 0.25) is 0 Å². The van der Waals surface area contributed by atoms with Crippen LogP contribution in [0.5, 0.6) is 5.75 Å². The molecule has 7 heteroatoms. The summed E-state index contributed by atoms with van der Waals surface area (Å²) in [5, 5.41) is 19.8. The summed E-state index contributed by atoms with van der Waals surface area (Å²) >= 11 is 0. The average molecular weight is 599 g/mol. The zero-order valence-corrected chi connectivity index (χ0v) is 20.8. The first-order valence-electron chi connectivity index (χ1n) is 10.9. The van der Waals surface area contributed by atoms with E-state index < -0.39 is 5.97 Å². The van der Waals surface area contributed by atoms with Gasteiger partial charge in [-0.15, -0.1) is 32.4 Å². The molecule has 5 rings (SSSR count). The van der Waals surface area contributed by atoms with E-state index in [0.717, 1.165) is 5.52 Å². The number of carbonyl (C=O) groups excluding carboxylic acids is 1. The van der Waals surface area contributed by atoms with Crippen molar-refractivity contribution in [2.75, 3.05) is 0 Å². The van der Waals surface area contributed by atoms with Crippen molar-refractivity contribution in [1.82, 2.24) is 15.0 Å². The average Bonchev–Trinajstić information content (AvgIpc) is 3.46. The first-order valence-corrected chi connectivity index (χ1v) is 10.4. The van der Waals surface area contributed by atoms with Crippen molar-refractivity contribution in [2.24, 2.45) is 11.8 Å². The molecule has 3 aromatic rings. The standard InChI is InChI=1S/C25H24N3O3.W/c1-14(2)25(30)31-13-17-5-4-6-23(24(17)29)28-26-21-8-7-16(12-22(21)27-28)20-11-18-10-19(20)9-15(18)3;/h4-9,11-12,18-20,29H,1,10,13H2,2-3H3;/q-1;/i4D;. The van der Waals surface area contributed by atoms with Gasteiger partial charge in [0.05, 0.1) is 1.37 Å². The fraction of sp³-hybridized carbons (Fsp3) is 0.280. The van der Waals surface area contributed by atoms with Gasteiger partial charge < -0.3 is 16.3 Å². The number of hydrogen-bond donors (Lipinski definition) is 1. The van der Waals surface area contributed by atoms with Crippen molar-refractivity contribution in [2.45, 2.75) is 32.8 Å². The number of fused-ring (bicyclic) bond motifs is 3. The van der Waals surface area contributed by atoms with Crippen molar-refractivity contribution in [3.05, 3.63) is 77.7 Å². The molecule has 1 aromatic heterocycles. The van der Waals surface area contributed by atoms with E-state index >= 15 is 0 Å². The molecule has 164 valence electrons. The first-order chi connectivity index (χ1) is 15.3. The molecular weight excluding hydrogens is 574 g/mol. The summed E-state index contributed by atoms with van der Waals surface area (Å²) < 4.78 is 13.2. The van der Waals surface area contributed by atoms with Gasteiger partial charge in [0.1, 0.15) is 29.1 Å². The van der Waals surface area contributed by atoms with Gasteiger partial charge in [-0.2, -0.15) is 0 Å². The Labute approximate surface area is 202 Å². The number of rotatable bonds is 5. The number of phenolic OH excluding ortho intramolecular Hbond substituents is 1. The van der Waals surface area contributed by atoms with Crippen molar-refractivity contribution < 1.29 is 37.1 Å². The molecule has 1 saturated carbocycles. The predicted octanol–water partition coefficient (Wildman–Crippen LogP) is 4.63. The SMILES string of the molecule is [2H]c1cc(COC(=O)C(=C)C)c(O)c(-n2nc3ccc(C4[CH-]C5CC4C=C5C)cc3n2)c1.[W]. The summed E-state index contributed by atoms with van der Waals surface area (Å²) in [5.41, 5.74) is 4.95. The molecule has 3 atom stereocenters. The van der Waals surface area contributed by atoms with E-state index in [0.29, 0.717) is 28.8 Å². The van der Waals surface area contributed by atoms with Gasteiger partial charge in [-0.05, 0) is 38.0 Å². The molecule has 0 radical (unpaired) electrons. The molecule has 32 heavy (non-hydrogen) atoms. The predicted molar refractivity (Wildman–Crippen MR) is 118 cm³/mol. The molecule has 1 heterocycles. The molecule has 6 nitrogen and oxygen atoms in total. The zero-order valence-electron chi connectivity index (χ0n) is 18.9. The van der Waals surface area contributed by atoms with Gasteiger partial charge in [0.15, 0.2) is 0 Å². The monoisotopic (exact) mass is 599 g/mol. The number of hydrogen-bond acceptors (Lipinski definition) is 5. The Hall–Kier alpha value is -2.72. The second kappa shape index (κ2) is 8.67. The van der Waals surface area contributed by atoms with Crippen LogP contribution >= 0.6 is 0 Å². The van der Waals surface area contributed by atoms with E-state index in [9.17, 15) is 9.90 Å². The van der Waals surface area contributed by atoms with Gasteiger partial charge in [-0.3, -0.25) is 0 Å². The molecule has 0 saturated heterocycles. The summed E-state index contributed by atoms with van der Waals surface area (Å²) in [5.74, 6) is 0.821. The van der Waals surface area contributed by atoms with Crippen LogP contribution in [-0.4, -0.2) is 26.1 Å². The molecule has 2 aromatic carbocycles. The maximum atomic E-state index is 11.7. The number of carbonyl (C=O) groups is 1. The number of aromatic hydroxyl groups is 1. The summed E-state index contributed by atoms with van der Waals surface area (Å²) in [4.78, 5) is 13.0. The van der Waals surface area contributed by atoms with Crippen LogP contribution in [0.25, 0.3) is 16.7 Å². The molecule has 2 aliphatic rings. The van der Waals surface area contributed by atoms with Gasteiger partial charge in [0.25, 0.3) is 0 Å². The third-order valence-corrected chi connectivity index (χ3v) is 6.23. The Balaban J connectivity index is 0.00000259. The van der Waals surface area contributed by atoms with Crippen LogP contribution in [0.2, 0.25) is 0 Å². The summed E-state index contributed by atoms with van der Waals surface area (Å²) in [6.45, 7) is 7.12. The number of allylic oxidation sites excluding steroid dienone is 2. The van der Waals surface area contributed by atoms with Crippen LogP contribution in [0.1, 0.15) is 38.7 Å². The van der Waals surface area contributed by atoms with Gasteiger partial charge >= 0.3 is 5.97 Å². The molecule has 2 bridgehead atoms. The number of para-hydroxylation sites is 1. The van der Waals surface area contributed by atoms with Gasteiger partial charge in [-0.25, -0.2) is 4.79 Å². The summed E-state index contributed by atoms with van der Waals surface area (Å²) in [7, 11) is 0. The fourth-order valence-corrected chi connectivity index (χ4v) is 4.54. The van der Waals surface area contributed by atoms with E-state index in [1.165, 1.54) is 34.5 Å². The molecule has 3 unspecified atom stereocenters. The first kappa shape index (κ1) is 21.1. The smallest absolute Gasteiger partial charge is 0.333 e. The largest absolute Gasteiger partial charge is 0.505 e. The van der Waals surface area contributed by atoms with Crippen LogP contribution in [0, 0.1) is 18.3 Å². The quantitative estimate of drug-likeness (QED) is 0.201. The molecule has 2 aliphatic carbocycles. The number of aromatic nitrogens is 3. The maximum Gasteiger partial charge on any atom is 0.333 e. The second-order valence-corrected chi connectivity index (χ2v) is 8.44. The third kappa shape index (κ3) is 3.92. The Morgan fingerprint density at radius 1 is 1.34 bits per heavy atom. The second-order valence-electron chi connectivity index (χ2n) is 8.44. The van der Waals surface area contributed by atoms with E-state index in [2.05, 4.69) is 48.3 Å². The molecule has 0 amide bonds. The van der Waals surface area contributed by atoms with Gasteiger partial charge in [-0.1, -0.05) is 42.8 Å². The van der Waals surface area contributed by atoms with E-state index in [1.807, 2.05) is 6.07 Å². The molecule has 1 N–H and O–H groups in total. The molecular formula is C25H24N3O3W-. The van der Waals surface area contributed by atoms with E-state index in [1.54, 1.807) is 6.92 Å². The Morgan fingerprint density at radius 3 is 2.81 bits per heavy atom. The van der Waals surface area contributed by atoms with Crippen molar-refractivity contribution >= 4 is 17.0 Å². The molecule has 0 aliphatic heterocycles. The number of esters is 1. The van der Waals surface area contributed by atoms with Crippen LogP contribution in [0.4, 0.5) is 0 Å². The van der Waals surface area contributed by atoms with E-state index in [4.69, 9.17) is 6.11 Å². The molecule has 1 fully saturated rings. The van der Waals surface area contributed by atoms with E-state index in [-0.39, 0.29) is 50.7 Å². The van der Waals surface area contributed by atoms with Gasteiger partial charge in [0, 0.05) is 32.2 Å². The normalized spacial score (nSPS) is 21.8. The van der Waals surface area contributed by atoms with Crippen LogP contribution in [0.3, 0.4) is 0 Å². The number of ether oxygens (including phenoxy) is 1. The number of benzene rings is 2. The minimum Gasteiger partial charge on any atom is -0.505 e. The Bertz CT molecular complexity index is 1300. The maximum absolute atomic E-state index is 11.7. The Morgan fingerprint density at radius 2 is 2.12 bits per heavy atom. The summed E-state index contributed by atoms with van der Waals surface area (Å²) in [6, 6.07) is 9.18. The fourth-order valence-electron chi connectivity index (χ4n) is 4.54. The van der Waals surface area contributed by atoms with Crippen LogP contribution in [-0.2, 0) is 37.2 Å². The summed E-state index contributed by atoms with van der Waals surface area (Å²) in [6.07, 6.45) is 6.00. The number of nitrogens with zero attached hydrogens (tertiary/aromatic N) is 3. The topological polar surface area (TPSA) is 77.2 Å². The van der Waals surface area contributed by atoms with Crippen molar-refractivity contribution in [1.29, 1.82) is 0 Å². The Kier molecular flexibility index (Phi) is 5.72. The number of phenols is 1. The minimum atomic E-state index is -0.556. The van der Waals surface area contributed by atoms with Crippen molar-refractivity contribution in [3.63, 3.8) is 0 Å². The van der Waals surface area contributed by atoms with Crippen molar-refractivity contribution in [3.8, 4) is 11.4 Å².